The third-order valence-electron chi connectivity index (χ3n) is 2.09. The smallest absolute Gasteiger partial charge is 0.0691 e. The number of rotatable bonds is 0. The fraction of sp³-hybridized carbons (Fsp3) is 0.111. The van der Waals surface area contributed by atoms with Crippen LogP contribution in [0.2, 0.25) is 5.02 Å². The molecule has 0 amide bonds. The summed E-state index contributed by atoms with van der Waals surface area (Å²) in [5.74, 6) is 0. The van der Waals surface area contributed by atoms with Crippen molar-refractivity contribution in [3.63, 3.8) is 0 Å². The minimum absolute atomic E-state index is 0.722. The molecular weight excluding hydrogens is 172 g/mol. The first-order valence-corrected chi connectivity index (χ1v) is 4.09. The van der Waals surface area contributed by atoms with E-state index in [1.165, 1.54) is 0 Å². The maximum atomic E-state index is 5.96. The van der Waals surface area contributed by atoms with Crippen molar-refractivity contribution in [2.24, 2.45) is 0 Å². The predicted molar refractivity (Wildman–Crippen MR) is 52.5 cm³/mol. The predicted octanol–water partition coefficient (Wildman–Crippen LogP) is 2.71. The van der Waals surface area contributed by atoms with Crippen LogP contribution in [0.5, 0.6) is 0 Å². The van der Waals surface area contributed by atoms with Crippen LogP contribution >= 0.6 is 11.6 Å². The van der Waals surface area contributed by atoms with Gasteiger partial charge in [-0.25, -0.2) is 0 Å². The molecule has 0 spiro atoms. The summed E-state index contributed by atoms with van der Waals surface area (Å²) < 4.78 is 0. The molecule has 2 rings (SSSR count). The highest BCUT2D eigenvalue weighted by molar-refractivity contribution is 6.32. The zero-order valence-electron chi connectivity index (χ0n) is 6.69. The van der Waals surface area contributed by atoms with Gasteiger partial charge in [-0.15, -0.1) is 0 Å². The summed E-state index contributed by atoms with van der Waals surface area (Å²) >= 11 is 5.96. The van der Waals surface area contributed by atoms with Gasteiger partial charge in [0.05, 0.1) is 11.2 Å². The largest absolute Gasteiger partial charge is 0.397 e. The van der Waals surface area contributed by atoms with Crippen LogP contribution in [0.25, 0.3) is 10.9 Å². The number of hydrogen-bond donors (Lipinski definition) is 2. The third kappa shape index (κ3) is 0.883. The van der Waals surface area contributed by atoms with Crippen LogP contribution in [-0.2, 0) is 0 Å². The van der Waals surface area contributed by atoms with E-state index >= 15 is 0 Å². The summed E-state index contributed by atoms with van der Waals surface area (Å²) in [6.45, 7) is 1.91. The molecule has 1 aromatic heterocycles. The van der Waals surface area contributed by atoms with E-state index < -0.39 is 0 Å². The Morgan fingerprint density at radius 1 is 1.50 bits per heavy atom. The highest BCUT2D eigenvalue weighted by atomic mass is 35.5. The zero-order valence-corrected chi connectivity index (χ0v) is 7.44. The molecule has 0 atom stereocenters. The van der Waals surface area contributed by atoms with Gasteiger partial charge in [0.25, 0.3) is 0 Å². The highest BCUT2D eigenvalue weighted by Gasteiger charge is 2.05. The maximum Gasteiger partial charge on any atom is 0.0691 e. The van der Waals surface area contributed by atoms with Crippen LogP contribution < -0.4 is 5.73 Å². The summed E-state index contributed by atoms with van der Waals surface area (Å²) in [5, 5.41) is 1.78. The van der Waals surface area contributed by atoms with Gasteiger partial charge in [-0.2, -0.15) is 0 Å². The number of halogens is 1. The van der Waals surface area contributed by atoms with Crippen molar-refractivity contribution in [2.75, 3.05) is 5.73 Å². The summed E-state index contributed by atoms with van der Waals surface area (Å²) in [7, 11) is 0. The van der Waals surface area contributed by atoms with Crippen molar-refractivity contribution in [3.8, 4) is 0 Å². The lowest BCUT2D eigenvalue weighted by molar-refractivity contribution is 1.44. The topological polar surface area (TPSA) is 41.8 Å². The van der Waals surface area contributed by atoms with Crippen molar-refractivity contribution >= 4 is 28.2 Å². The molecule has 62 valence electrons. The molecule has 0 fully saturated rings. The van der Waals surface area contributed by atoms with E-state index in [0.29, 0.717) is 0 Å². The normalized spacial score (nSPS) is 10.8. The van der Waals surface area contributed by atoms with Crippen molar-refractivity contribution in [1.29, 1.82) is 0 Å². The summed E-state index contributed by atoms with van der Waals surface area (Å²) in [4.78, 5) is 3.07. The van der Waals surface area contributed by atoms with Gasteiger partial charge in [-0.3, -0.25) is 0 Å². The third-order valence-corrected chi connectivity index (χ3v) is 2.49. The van der Waals surface area contributed by atoms with Crippen molar-refractivity contribution in [3.05, 3.63) is 28.9 Å². The molecule has 0 unspecified atom stereocenters. The number of nitrogens with two attached hydrogens (primary N) is 1. The van der Waals surface area contributed by atoms with E-state index in [0.717, 1.165) is 27.2 Å². The number of nitrogens with one attached hydrogen (secondary N) is 1. The fourth-order valence-corrected chi connectivity index (χ4v) is 1.52. The Labute approximate surface area is 75.3 Å². The van der Waals surface area contributed by atoms with Gasteiger partial charge < -0.3 is 10.7 Å². The lowest BCUT2D eigenvalue weighted by atomic mass is 10.1. The van der Waals surface area contributed by atoms with Gasteiger partial charge in [-0.1, -0.05) is 11.6 Å². The highest BCUT2D eigenvalue weighted by Crippen LogP contribution is 2.29. The minimum atomic E-state index is 0.722. The Morgan fingerprint density at radius 2 is 2.25 bits per heavy atom. The SMILES string of the molecule is Cc1c(Cl)cc2cc[nH]c2c1N. The number of nitrogen functional groups attached to an aromatic ring is 1. The van der Waals surface area contributed by atoms with Crippen molar-refractivity contribution in [1.82, 2.24) is 4.98 Å². The van der Waals surface area contributed by atoms with Crippen LogP contribution in [0.3, 0.4) is 0 Å². The number of aromatic amines is 1. The van der Waals surface area contributed by atoms with Gasteiger partial charge >= 0.3 is 0 Å². The quantitative estimate of drug-likeness (QED) is 0.602. The van der Waals surface area contributed by atoms with Crippen molar-refractivity contribution < 1.29 is 0 Å². The molecule has 0 saturated carbocycles. The number of aromatic nitrogens is 1. The van der Waals surface area contributed by atoms with Crippen LogP contribution in [0.4, 0.5) is 5.69 Å². The molecule has 0 radical (unpaired) electrons. The lowest BCUT2D eigenvalue weighted by Gasteiger charge is -2.03. The second kappa shape index (κ2) is 2.42. The number of H-pyrrole nitrogens is 1. The van der Waals surface area contributed by atoms with E-state index in [2.05, 4.69) is 4.98 Å². The first-order valence-electron chi connectivity index (χ1n) is 3.72. The number of anilines is 1. The minimum Gasteiger partial charge on any atom is -0.397 e. The molecule has 2 nitrogen and oxygen atoms in total. The molecular formula is C9H9ClN2. The molecule has 0 aliphatic carbocycles. The number of benzene rings is 1. The molecule has 1 aromatic carbocycles. The van der Waals surface area contributed by atoms with Crippen LogP contribution in [-0.4, -0.2) is 4.98 Å². The van der Waals surface area contributed by atoms with Gasteiger partial charge in [0.2, 0.25) is 0 Å². The van der Waals surface area contributed by atoms with E-state index in [-0.39, 0.29) is 0 Å². The summed E-state index contributed by atoms with van der Waals surface area (Å²) in [6.07, 6.45) is 1.86. The molecule has 12 heavy (non-hydrogen) atoms. The molecule has 0 saturated heterocycles. The standard InChI is InChI=1S/C9H9ClN2/c1-5-7(10)4-6-2-3-12-9(6)8(5)11/h2-4,12H,11H2,1H3. The molecule has 3 N–H and O–H groups in total. The van der Waals surface area contributed by atoms with Crippen LogP contribution in [0.1, 0.15) is 5.56 Å². The Bertz CT molecular complexity index is 431. The average molecular weight is 181 g/mol. The Morgan fingerprint density at radius 3 is 3.00 bits per heavy atom. The maximum absolute atomic E-state index is 5.96. The second-order valence-electron chi connectivity index (χ2n) is 2.84. The Balaban J connectivity index is 2.94. The van der Waals surface area contributed by atoms with E-state index in [9.17, 15) is 0 Å². The molecule has 1 heterocycles. The fourth-order valence-electron chi connectivity index (χ4n) is 1.30. The van der Waals surface area contributed by atoms with Gasteiger partial charge in [0, 0.05) is 16.6 Å². The van der Waals surface area contributed by atoms with E-state index in [1.807, 2.05) is 25.3 Å². The van der Waals surface area contributed by atoms with Crippen LogP contribution in [0, 0.1) is 6.92 Å². The molecule has 0 bridgehead atoms. The van der Waals surface area contributed by atoms with E-state index in [4.69, 9.17) is 17.3 Å². The molecule has 2 aromatic rings. The molecule has 0 aliphatic rings. The summed E-state index contributed by atoms with van der Waals surface area (Å²) in [6, 6.07) is 3.87. The molecule has 3 heteroatoms. The summed E-state index contributed by atoms with van der Waals surface area (Å²) in [5.41, 5.74) is 8.49. The monoisotopic (exact) mass is 180 g/mol. The Kier molecular flexibility index (Phi) is 1.51. The van der Waals surface area contributed by atoms with Crippen LogP contribution in [0.15, 0.2) is 18.3 Å². The first-order chi connectivity index (χ1) is 5.70. The van der Waals surface area contributed by atoms with Gasteiger partial charge in [0.1, 0.15) is 0 Å². The second-order valence-corrected chi connectivity index (χ2v) is 3.25. The zero-order chi connectivity index (χ0) is 8.72. The Hall–Kier alpha value is -1.15. The number of hydrogen-bond acceptors (Lipinski definition) is 1. The van der Waals surface area contributed by atoms with E-state index in [1.54, 1.807) is 0 Å². The average Bonchev–Trinajstić information content (AvgIpc) is 2.48. The number of fused-ring (bicyclic) bond motifs is 1. The molecule has 0 aliphatic heterocycles. The lowest BCUT2D eigenvalue weighted by Crippen LogP contribution is -1.91. The van der Waals surface area contributed by atoms with Gasteiger partial charge in [-0.05, 0) is 24.6 Å². The van der Waals surface area contributed by atoms with Gasteiger partial charge in [0.15, 0.2) is 0 Å². The first kappa shape index (κ1) is 7.50. The van der Waals surface area contributed by atoms with Crippen molar-refractivity contribution in [2.45, 2.75) is 6.92 Å².